The van der Waals surface area contributed by atoms with E-state index in [1.165, 1.54) is 7.05 Å². The quantitative estimate of drug-likeness (QED) is 0.423. The first-order valence-corrected chi connectivity index (χ1v) is 11.1. The third-order valence-electron chi connectivity index (χ3n) is 5.10. The summed E-state index contributed by atoms with van der Waals surface area (Å²) in [7, 11) is -0.264. The molecular formula is C21H23N7O2S. The molecule has 0 aliphatic rings. The fourth-order valence-electron chi connectivity index (χ4n) is 3.28. The second-order valence-electron chi connectivity index (χ2n) is 7.16. The Kier molecular flexibility index (Phi) is 5.34. The summed E-state index contributed by atoms with van der Waals surface area (Å²) in [5.74, 6) is 1.04. The Balaban J connectivity index is 1.62. The van der Waals surface area contributed by atoms with E-state index in [1.54, 1.807) is 37.4 Å². The van der Waals surface area contributed by atoms with Crippen molar-refractivity contribution >= 4 is 44.1 Å². The van der Waals surface area contributed by atoms with Crippen molar-refractivity contribution in [2.45, 2.75) is 18.7 Å². The standard InChI is InChI=1S/C21H23N7O2S/c1-13-5-6-15(11-19(13)31(29,30)22-3)24-21-23-10-9-20(25-21)28(4)16-7-8-17-14(2)26-27-18(17)12-16/h5-12,22H,1-4H3,(H,26,27)(H,23,24,25). The van der Waals surface area contributed by atoms with Crippen LogP contribution in [0.15, 0.2) is 53.6 Å². The van der Waals surface area contributed by atoms with Crippen molar-refractivity contribution in [1.29, 1.82) is 0 Å². The van der Waals surface area contributed by atoms with Gasteiger partial charge in [-0.1, -0.05) is 6.07 Å². The van der Waals surface area contributed by atoms with E-state index in [0.29, 0.717) is 23.0 Å². The largest absolute Gasteiger partial charge is 0.329 e. The molecule has 0 amide bonds. The Morgan fingerprint density at radius 1 is 1.06 bits per heavy atom. The molecule has 4 rings (SSSR count). The van der Waals surface area contributed by atoms with Crippen LogP contribution < -0.4 is 14.9 Å². The summed E-state index contributed by atoms with van der Waals surface area (Å²) < 4.78 is 26.8. The van der Waals surface area contributed by atoms with Gasteiger partial charge in [0, 0.05) is 35.7 Å². The summed E-state index contributed by atoms with van der Waals surface area (Å²) in [5.41, 5.74) is 4.06. The van der Waals surface area contributed by atoms with Gasteiger partial charge in [0.05, 0.1) is 10.4 Å². The highest BCUT2D eigenvalue weighted by Crippen LogP contribution is 2.27. The van der Waals surface area contributed by atoms with Crippen LogP contribution in [0.25, 0.3) is 10.9 Å². The highest BCUT2D eigenvalue weighted by molar-refractivity contribution is 7.89. The van der Waals surface area contributed by atoms with Gasteiger partial charge < -0.3 is 10.2 Å². The van der Waals surface area contributed by atoms with Crippen molar-refractivity contribution in [1.82, 2.24) is 24.9 Å². The zero-order chi connectivity index (χ0) is 22.2. The number of rotatable bonds is 6. The van der Waals surface area contributed by atoms with E-state index in [4.69, 9.17) is 0 Å². The molecule has 2 aromatic heterocycles. The monoisotopic (exact) mass is 437 g/mol. The maximum Gasteiger partial charge on any atom is 0.240 e. The highest BCUT2D eigenvalue weighted by atomic mass is 32.2. The van der Waals surface area contributed by atoms with E-state index in [2.05, 4.69) is 30.2 Å². The van der Waals surface area contributed by atoms with E-state index < -0.39 is 10.0 Å². The van der Waals surface area contributed by atoms with Gasteiger partial charge in [0.25, 0.3) is 0 Å². The second-order valence-corrected chi connectivity index (χ2v) is 9.02. The Morgan fingerprint density at radius 2 is 1.87 bits per heavy atom. The molecule has 0 unspecified atom stereocenters. The molecule has 2 heterocycles. The van der Waals surface area contributed by atoms with Crippen LogP contribution in [-0.4, -0.2) is 42.7 Å². The van der Waals surface area contributed by atoms with Crippen LogP contribution in [0, 0.1) is 13.8 Å². The van der Waals surface area contributed by atoms with Gasteiger partial charge in [-0.25, -0.2) is 18.1 Å². The van der Waals surface area contributed by atoms with Crippen LogP contribution >= 0.6 is 0 Å². The van der Waals surface area contributed by atoms with Gasteiger partial charge >= 0.3 is 0 Å². The molecule has 31 heavy (non-hydrogen) atoms. The Labute approximate surface area is 180 Å². The Morgan fingerprint density at radius 3 is 2.65 bits per heavy atom. The lowest BCUT2D eigenvalue weighted by molar-refractivity contribution is 0.587. The number of H-pyrrole nitrogens is 1. The number of nitrogens with one attached hydrogen (secondary N) is 3. The van der Waals surface area contributed by atoms with Crippen LogP contribution in [0.5, 0.6) is 0 Å². The summed E-state index contributed by atoms with van der Waals surface area (Å²) in [6, 6.07) is 12.9. The van der Waals surface area contributed by atoms with Crippen LogP contribution in [0.3, 0.4) is 0 Å². The fourth-order valence-corrected chi connectivity index (χ4v) is 4.27. The molecule has 0 fully saturated rings. The first kappa shape index (κ1) is 20.8. The number of aromatic amines is 1. The van der Waals surface area contributed by atoms with Crippen LogP contribution in [0.4, 0.5) is 23.1 Å². The van der Waals surface area contributed by atoms with Gasteiger partial charge in [-0.3, -0.25) is 5.10 Å². The summed E-state index contributed by atoms with van der Waals surface area (Å²) in [4.78, 5) is 11.0. The fraction of sp³-hybridized carbons (Fsp3) is 0.190. The summed E-state index contributed by atoms with van der Waals surface area (Å²) in [5, 5.41) is 11.5. The van der Waals surface area contributed by atoms with Crippen LogP contribution in [0.2, 0.25) is 0 Å². The van der Waals surface area contributed by atoms with Gasteiger partial charge in [0.1, 0.15) is 5.82 Å². The van der Waals surface area contributed by atoms with Crippen molar-refractivity contribution in [3.05, 3.63) is 59.9 Å². The smallest absolute Gasteiger partial charge is 0.240 e. The number of hydrogen-bond acceptors (Lipinski definition) is 7. The molecular weight excluding hydrogens is 414 g/mol. The number of hydrogen-bond donors (Lipinski definition) is 3. The minimum absolute atomic E-state index is 0.205. The second kappa shape index (κ2) is 7.97. The normalized spacial score (nSPS) is 11.6. The van der Waals surface area contributed by atoms with Crippen molar-refractivity contribution in [2.24, 2.45) is 0 Å². The van der Waals surface area contributed by atoms with Crippen molar-refractivity contribution in [3.8, 4) is 0 Å². The number of benzene rings is 2. The van der Waals surface area contributed by atoms with Crippen LogP contribution in [0.1, 0.15) is 11.3 Å². The van der Waals surface area contributed by atoms with Crippen molar-refractivity contribution < 1.29 is 8.42 Å². The number of fused-ring (bicyclic) bond motifs is 1. The topological polar surface area (TPSA) is 116 Å². The number of aromatic nitrogens is 4. The zero-order valence-corrected chi connectivity index (χ0v) is 18.4. The summed E-state index contributed by atoms with van der Waals surface area (Å²) >= 11 is 0. The lowest BCUT2D eigenvalue weighted by atomic mass is 10.2. The number of nitrogens with zero attached hydrogens (tertiary/aromatic N) is 4. The number of sulfonamides is 1. The molecule has 0 radical (unpaired) electrons. The van der Waals surface area contributed by atoms with Gasteiger partial charge in [-0.15, -0.1) is 0 Å². The van der Waals surface area contributed by atoms with E-state index in [1.807, 2.05) is 37.1 Å². The highest BCUT2D eigenvalue weighted by Gasteiger charge is 2.16. The average molecular weight is 438 g/mol. The molecule has 0 aliphatic carbocycles. The van der Waals surface area contributed by atoms with E-state index in [-0.39, 0.29) is 4.90 Å². The average Bonchev–Trinajstić information content (AvgIpc) is 3.14. The SMILES string of the molecule is CNS(=O)(=O)c1cc(Nc2nccc(N(C)c3ccc4c(C)[nH]nc4c3)n2)ccc1C. The van der Waals surface area contributed by atoms with Gasteiger partial charge in [-0.05, 0) is 62.9 Å². The molecule has 0 saturated heterocycles. The molecule has 0 spiro atoms. The maximum atomic E-state index is 12.2. The first-order chi connectivity index (χ1) is 14.8. The molecule has 3 N–H and O–H groups in total. The Bertz CT molecular complexity index is 1370. The lowest BCUT2D eigenvalue weighted by Gasteiger charge is -2.19. The molecule has 0 saturated carbocycles. The maximum absolute atomic E-state index is 12.2. The van der Waals surface area contributed by atoms with Gasteiger partial charge in [-0.2, -0.15) is 10.1 Å². The minimum atomic E-state index is -3.57. The molecule has 0 atom stereocenters. The van der Waals surface area contributed by atoms with Gasteiger partial charge in [0.2, 0.25) is 16.0 Å². The van der Waals surface area contributed by atoms with E-state index >= 15 is 0 Å². The van der Waals surface area contributed by atoms with Gasteiger partial charge in [0.15, 0.2) is 0 Å². The minimum Gasteiger partial charge on any atom is -0.329 e. The number of aryl methyl sites for hydroxylation is 2. The Hall–Kier alpha value is -3.50. The van der Waals surface area contributed by atoms with Crippen molar-refractivity contribution in [3.63, 3.8) is 0 Å². The molecule has 0 bridgehead atoms. The molecule has 4 aromatic rings. The predicted molar refractivity (Wildman–Crippen MR) is 122 cm³/mol. The van der Waals surface area contributed by atoms with Crippen LogP contribution in [-0.2, 0) is 10.0 Å². The molecule has 0 aliphatic heterocycles. The molecule has 9 nitrogen and oxygen atoms in total. The zero-order valence-electron chi connectivity index (χ0n) is 17.6. The first-order valence-electron chi connectivity index (χ1n) is 9.61. The summed E-state index contributed by atoms with van der Waals surface area (Å²) in [6.45, 7) is 3.73. The lowest BCUT2D eigenvalue weighted by Crippen LogP contribution is -2.19. The predicted octanol–water partition coefficient (Wildman–Crippen LogP) is 3.39. The van der Waals surface area contributed by atoms with E-state index in [0.717, 1.165) is 22.3 Å². The molecule has 2 aromatic carbocycles. The molecule has 10 heteroatoms. The molecule has 160 valence electrons. The third kappa shape index (κ3) is 4.07. The van der Waals surface area contributed by atoms with Crippen molar-refractivity contribution in [2.75, 3.05) is 24.3 Å². The third-order valence-corrected chi connectivity index (χ3v) is 6.66. The number of anilines is 4. The van der Waals surface area contributed by atoms with E-state index in [9.17, 15) is 8.42 Å². The summed E-state index contributed by atoms with van der Waals surface area (Å²) in [6.07, 6.45) is 1.65.